The van der Waals surface area contributed by atoms with Gasteiger partial charge < -0.3 is 20.3 Å². The van der Waals surface area contributed by atoms with E-state index in [1.807, 2.05) is 19.1 Å². The van der Waals surface area contributed by atoms with Crippen LogP contribution in [0.4, 0.5) is 17.5 Å². The number of hydrogen-bond donors (Lipinski definition) is 3. The molecular formula is C20H24N6O2. The molecule has 1 fully saturated rings. The van der Waals surface area contributed by atoms with Gasteiger partial charge in [0, 0.05) is 25.1 Å². The zero-order valence-electron chi connectivity index (χ0n) is 15.8. The molecule has 0 aromatic carbocycles. The van der Waals surface area contributed by atoms with Crippen molar-refractivity contribution in [1.82, 2.24) is 19.5 Å². The predicted molar refractivity (Wildman–Crippen MR) is 109 cm³/mol. The fourth-order valence-electron chi connectivity index (χ4n) is 3.67. The number of pyridine rings is 2. The van der Waals surface area contributed by atoms with Crippen molar-refractivity contribution in [2.75, 3.05) is 10.6 Å². The number of aliphatic hydroxyl groups excluding tert-OH is 1. The molecule has 3 aromatic rings. The van der Waals surface area contributed by atoms with Crippen molar-refractivity contribution in [3.63, 3.8) is 0 Å². The van der Waals surface area contributed by atoms with Gasteiger partial charge in [0.05, 0.1) is 23.7 Å². The Kier molecular flexibility index (Phi) is 5.21. The number of aliphatic hydroxyl groups is 1. The molecule has 3 heterocycles. The molecular weight excluding hydrogens is 356 g/mol. The molecule has 0 unspecified atom stereocenters. The highest BCUT2D eigenvalue weighted by molar-refractivity contribution is 5.93. The Balaban J connectivity index is 1.79. The van der Waals surface area contributed by atoms with Gasteiger partial charge >= 0.3 is 0 Å². The third-order valence-corrected chi connectivity index (χ3v) is 5.17. The number of aryl methyl sites for hydroxylation is 1. The van der Waals surface area contributed by atoms with Crippen molar-refractivity contribution in [3.05, 3.63) is 47.3 Å². The lowest BCUT2D eigenvalue weighted by Gasteiger charge is -2.29. The van der Waals surface area contributed by atoms with Crippen LogP contribution < -0.4 is 16.2 Å². The van der Waals surface area contributed by atoms with Gasteiger partial charge in [-0.25, -0.2) is 9.97 Å². The smallest absolute Gasteiger partial charge is 0.262 e. The molecule has 1 aliphatic rings. The summed E-state index contributed by atoms with van der Waals surface area (Å²) in [6.45, 7) is 2.52. The molecule has 3 N–H and O–H groups in total. The lowest BCUT2D eigenvalue weighted by molar-refractivity contribution is 0.116. The maximum atomic E-state index is 13.0. The third-order valence-electron chi connectivity index (χ3n) is 5.17. The second-order valence-electron chi connectivity index (χ2n) is 7.05. The first-order valence-electron chi connectivity index (χ1n) is 9.67. The van der Waals surface area contributed by atoms with Gasteiger partial charge in [0.15, 0.2) is 0 Å². The first-order valence-corrected chi connectivity index (χ1v) is 9.67. The Hall–Kier alpha value is -3.00. The standard InChI is InChI=1S/C20H24N6O2/c1-2-26-10-7-13-11-16(24-17-12-21-8-9-22-17)25-19(18(13)20(26)28)23-14-5-3-4-6-15(14)27/h7-12,14-15,27H,2-6H2,1H3,(H2,22,23,24,25)/t14-,15+/m0/s1. The van der Waals surface area contributed by atoms with Crippen molar-refractivity contribution >= 4 is 28.2 Å². The number of nitrogens with zero attached hydrogens (tertiary/aromatic N) is 4. The van der Waals surface area contributed by atoms with E-state index in [0.29, 0.717) is 29.4 Å². The molecule has 1 saturated carbocycles. The van der Waals surface area contributed by atoms with Crippen molar-refractivity contribution in [3.8, 4) is 0 Å². The Labute approximate surface area is 162 Å². The highest BCUT2D eigenvalue weighted by Crippen LogP contribution is 2.27. The summed E-state index contributed by atoms with van der Waals surface area (Å²) in [5.41, 5.74) is -0.0913. The second-order valence-corrected chi connectivity index (χ2v) is 7.05. The maximum Gasteiger partial charge on any atom is 0.262 e. The van der Waals surface area contributed by atoms with Crippen LogP contribution in [0.3, 0.4) is 0 Å². The van der Waals surface area contributed by atoms with E-state index in [1.54, 1.807) is 29.4 Å². The Bertz CT molecular complexity index is 1020. The van der Waals surface area contributed by atoms with Gasteiger partial charge in [0.1, 0.15) is 17.5 Å². The zero-order valence-corrected chi connectivity index (χ0v) is 15.8. The molecule has 28 heavy (non-hydrogen) atoms. The van der Waals surface area contributed by atoms with Crippen LogP contribution in [-0.4, -0.2) is 36.8 Å². The van der Waals surface area contributed by atoms with Gasteiger partial charge in [-0.1, -0.05) is 12.8 Å². The summed E-state index contributed by atoms with van der Waals surface area (Å²) in [6.07, 6.45) is 9.82. The number of fused-ring (bicyclic) bond motifs is 1. The van der Waals surface area contributed by atoms with Crippen LogP contribution in [0.15, 0.2) is 41.7 Å². The van der Waals surface area contributed by atoms with Crippen molar-refractivity contribution in [1.29, 1.82) is 0 Å². The Morgan fingerprint density at radius 3 is 2.86 bits per heavy atom. The van der Waals surface area contributed by atoms with E-state index in [0.717, 1.165) is 31.1 Å². The summed E-state index contributed by atoms with van der Waals surface area (Å²) in [7, 11) is 0. The maximum absolute atomic E-state index is 13.0. The molecule has 0 spiro atoms. The fraction of sp³-hybridized carbons (Fsp3) is 0.400. The normalized spacial score (nSPS) is 19.5. The molecule has 2 atom stereocenters. The predicted octanol–water partition coefficient (Wildman–Crippen LogP) is 2.67. The highest BCUT2D eigenvalue weighted by atomic mass is 16.3. The Morgan fingerprint density at radius 2 is 2.11 bits per heavy atom. The summed E-state index contributed by atoms with van der Waals surface area (Å²) >= 11 is 0. The van der Waals surface area contributed by atoms with E-state index < -0.39 is 6.10 Å². The number of nitrogens with one attached hydrogen (secondary N) is 2. The largest absolute Gasteiger partial charge is 0.391 e. The topological polar surface area (TPSA) is 105 Å². The van der Waals surface area contributed by atoms with E-state index >= 15 is 0 Å². The second kappa shape index (κ2) is 7.93. The van der Waals surface area contributed by atoms with Crippen LogP contribution in [0.2, 0.25) is 0 Å². The van der Waals surface area contributed by atoms with Crippen molar-refractivity contribution in [2.24, 2.45) is 0 Å². The molecule has 0 amide bonds. The zero-order chi connectivity index (χ0) is 19.5. The first kappa shape index (κ1) is 18.4. The number of rotatable bonds is 5. The summed E-state index contributed by atoms with van der Waals surface area (Å²) in [4.78, 5) is 25.9. The minimum atomic E-state index is -0.445. The monoisotopic (exact) mass is 380 g/mol. The fourth-order valence-corrected chi connectivity index (χ4v) is 3.67. The first-order chi connectivity index (χ1) is 13.7. The van der Waals surface area contributed by atoms with E-state index in [-0.39, 0.29) is 11.6 Å². The minimum absolute atomic E-state index is 0.0913. The van der Waals surface area contributed by atoms with Gasteiger partial charge in [-0.05, 0) is 37.3 Å². The molecule has 4 rings (SSSR count). The molecule has 8 nitrogen and oxygen atoms in total. The van der Waals surface area contributed by atoms with E-state index in [9.17, 15) is 9.90 Å². The van der Waals surface area contributed by atoms with Crippen LogP contribution in [0.25, 0.3) is 10.8 Å². The van der Waals surface area contributed by atoms with Gasteiger partial charge in [0.2, 0.25) is 0 Å². The molecule has 146 valence electrons. The van der Waals surface area contributed by atoms with E-state index in [1.165, 1.54) is 0 Å². The van der Waals surface area contributed by atoms with Crippen LogP contribution in [0.1, 0.15) is 32.6 Å². The third kappa shape index (κ3) is 3.68. The Morgan fingerprint density at radius 1 is 1.25 bits per heavy atom. The summed E-state index contributed by atoms with van der Waals surface area (Å²) in [5, 5.41) is 18.2. The van der Waals surface area contributed by atoms with Crippen molar-refractivity contribution < 1.29 is 5.11 Å². The quantitative estimate of drug-likeness (QED) is 0.625. The van der Waals surface area contributed by atoms with Crippen LogP contribution >= 0.6 is 0 Å². The molecule has 8 heteroatoms. The van der Waals surface area contributed by atoms with Gasteiger partial charge in [0.25, 0.3) is 5.56 Å². The molecule has 0 saturated heterocycles. The van der Waals surface area contributed by atoms with Crippen LogP contribution in [-0.2, 0) is 6.54 Å². The molecule has 0 aliphatic heterocycles. The SMILES string of the molecule is CCn1ccc2cc(Nc3cnccn3)nc(N[C@H]3CCCC[C@H]3O)c2c1=O. The lowest BCUT2D eigenvalue weighted by atomic mass is 9.92. The van der Waals surface area contributed by atoms with E-state index in [4.69, 9.17) is 0 Å². The average Bonchev–Trinajstić information content (AvgIpc) is 2.70. The minimum Gasteiger partial charge on any atom is -0.391 e. The molecule has 0 radical (unpaired) electrons. The number of anilines is 3. The highest BCUT2D eigenvalue weighted by Gasteiger charge is 2.24. The van der Waals surface area contributed by atoms with Crippen LogP contribution in [0.5, 0.6) is 0 Å². The molecule has 1 aliphatic carbocycles. The lowest BCUT2D eigenvalue weighted by Crippen LogP contribution is -2.37. The summed E-state index contributed by atoms with van der Waals surface area (Å²) in [5.74, 6) is 1.62. The number of hydrogen-bond acceptors (Lipinski definition) is 7. The number of aromatic nitrogens is 4. The summed E-state index contributed by atoms with van der Waals surface area (Å²) < 4.78 is 1.66. The van der Waals surface area contributed by atoms with E-state index in [2.05, 4.69) is 25.6 Å². The molecule has 3 aromatic heterocycles. The average molecular weight is 380 g/mol. The van der Waals surface area contributed by atoms with Gasteiger partial charge in [-0.2, -0.15) is 0 Å². The van der Waals surface area contributed by atoms with Gasteiger partial charge in [-0.3, -0.25) is 9.78 Å². The molecule has 0 bridgehead atoms. The van der Waals surface area contributed by atoms with Crippen LogP contribution in [0, 0.1) is 0 Å². The van der Waals surface area contributed by atoms with Gasteiger partial charge in [-0.15, -0.1) is 0 Å². The van der Waals surface area contributed by atoms with Crippen molar-refractivity contribution in [2.45, 2.75) is 51.3 Å². The summed E-state index contributed by atoms with van der Waals surface area (Å²) in [6, 6.07) is 3.62.